The molecule has 0 aromatic heterocycles. The van der Waals surface area contributed by atoms with Gasteiger partial charge in [0.2, 0.25) is 11.8 Å². The van der Waals surface area contributed by atoms with Gasteiger partial charge >= 0.3 is 0 Å². The summed E-state index contributed by atoms with van der Waals surface area (Å²) >= 11 is 11.8. The van der Waals surface area contributed by atoms with E-state index in [-0.39, 0.29) is 24.2 Å². The Bertz CT molecular complexity index is 557. The number of amides is 2. The average molecular weight is 321 g/mol. The summed E-state index contributed by atoms with van der Waals surface area (Å²) in [6.45, 7) is 3.67. The van der Waals surface area contributed by atoms with Gasteiger partial charge in [0.25, 0.3) is 0 Å². The maximum Gasteiger partial charge on any atom is 0.240 e. The molecule has 1 heterocycles. The third kappa shape index (κ3) is 1.72. The molecule has 1 aromatic rings. The number of hydrogen-bond acceptors (Lipinski definition) is 2. The zero-order valence-electron chi connectivity index (χ0n) is 10.4. The van der Waals surface area contributed by atoms with Gasteiger partial charge in [-0.05, 0) is 38.5 Å². The highest BCUT2D eigenvalue weighted by molar-refractivity contribution is 6.36. The molecule has 2 amide bonds. The molecular weight excluding hydrogens is 309 g/mol. The van der Waals surface area contributed by atoms with Gasteiger partial charge in [-0.15, -0.1) is 12.4 Å². The molecule has 2 unspecified atom stereocenters. The van der Waals surface area contributed by atoms with Crippen molar-refractivity contribution in [3.63, 3.8) is 0 Å². The highest BCUT2D eigenvalue weighted by atomic mass is 35.5. The molecule has 0 bridgehead atoms. The van der Waals surface area contributed by atoms with E-state index in [1.165, 1.54) is 4.90 Å². The van der Waals surface area contributed by atoms with E-state index in [1.54, 1.807) is 18.2 Å². The number of benzene rings is 1. The minimum atomic E-state index is -0.557. The molecule has 1 saturated heterocycles. The zero-order chi connectivity index (χ0) is 13.3. The van der Waals surface area contributed by atoms with Gasteiger partial charge in [-0.3, -0.25) is 9.59 Å². The van der Waals surface area contributed by atoms with Crippen LogP contribution in [-0.2, 0) is 9.59 Å². The van der Waals surface area contributed by atoms with E-state index >= 15 is 0 Å². The molecule has 0 spiro atoms. The fourth-order valence-corrected chi connectivity index (χ4v) is 3.29. The van der Waals surface area contributed by atoms with Crippen molar-refractivity contribution in [1.82, 2.24) is 0 Å². The first kappa shape index (κ1) is 14.6. The number of carbonyl (C=O) groups is 2. The first-order chi connectivity index (χ1) is 8.29. The predicted octanol–water partition coefficient (Wildman–Crippen LogP) is 3.70. The smallest absolute Gasteiger partial charge is 0.240 e. The molecule has 1 aromatic carbocycles. The van der Waals surface area contributed by atoms with Crippen molar-refractivity contribution in [1.29, 1.82) is 0 Å². The van der Waals surface area contributed by atoms with Gasteiger partial charge in [0, 0.05) is 10.0 Å². The summed E-state index contributed by atoms with van der Waals surface area (Å²) in [4.78, 5) is 25.9. The number of piperidine rings is 1. The maximum absolute atomic E-state index is 12.3. The topological polar surface area (TPSA) is 37.4 Å². The SMILES string of the molecule is CC12CC1(C)C(=O)N(c1cc(Cl)cc(Cl)c1)C2=O.Cl. The van der Waals surface area contributed by atoms with Crippen LogP contribution in [0.2, 0.25) is 10.0 Å². The molecule has 6 heteroatoms. The second kappa shape index (κ2) is 4.11. The van der Waals surface area contributed by atoms with Crippen LogP contribution in [0.1, 0.15) is 20.3 Å². The van der Waals surface area contributed by atoms with Crippen LogP contribution in [0.15, 0.2) is 18.2 Å². The lowest BCUT2D eigenvalue weighted by atomic mass is 10.00. The largest absolute Gasteiger partial charge is 0.273 e. The van der Waals surface area contributed by atoms with Gasteiger partial charge < -0.3 is 0 Å². The van der Waals surface area contributed by atoms with E-state index in [1.807, 2.05) is 13.8 Å². The third-order valence-corrected chi connectivity index (χ3v) is 4.69. The fourth-order valence-electron chi connectivity index (χ4n) is 2.77. The van der Waals surface area contributed by atoms with Crippen molar-refractivity contribution in [2.24, 2.45) is 10.8 Å². The molecule has 1 aliphatic carbocycles. The Morgan fingerprint density at radius 3 is 1.84 bits per heavy atom. The van der Waals surface area contributed by atoms with Crippen molar-refractivity contribution in [2.75, 3.05) is 4.90 Å². The Hall–Kier alpha value is -0.770. The number of fused-ring (bicyclic) bond motifs is 1. The minimum Gasteiger partial charge on any atom is -0.273 e. The number of imide groups is 1. The third-order valence-electron chi connectivity index (χ3n) is 4.26. The minimum absolute atomic E-state index is 0. The van der Waals surface area contributed by atoms with Crippen LogP contribution in [0.4, 0.5) is 5.69 Å². The number of nitrogens with zero attached hydrogens (tertiary/aromatic N) is 1. The molecular formula is C13H12Cl3NO2. The maximum atomic E-state index is 12.3. The quantitative estimate of drug-likeness (QED) is 0.740. The van der Waals surface area contributed by atoms with Crippen LogP contribution in [-0.4, -0.2) is 11.8 Å². The van der Waals surface area contributed by atoms with Gasteiger partial charge in [0.1, 0.15) is 0 Å². The molecule has 1 saturated carbocycles. The Morgan fingerprint density at radius 1 is 1.00 bits per heavy atom. The summed E-state index contributed by atoms with van der Waals surface area (Å²) in [5, 5.41) is 0.822. The molecule has 0 N–H and O–H groups in total. The second-order valence-electron chi connectivity index (χ2n) is 5.41. The van der Waals surface area contributed by atoms with E-state index in [0.29, 0.717) is 22.2 Å². The lowest BCUT2D eigenvalue weighted by Crippen LogP contribution is -2.35. The Balaban J connectivity index is 0.00000133. The highest BCUT2D eigenvalue weighted by Crippen LogP contribution is 2.69. The lowest BCUT2D eigenvalue weighted by Gasteiger charge is -2.19. The molecule has 3 rings (SSSR count). The Labute approximate surface area is 127 Å². The molecule has 2 fully saturated rings. The monoisotopic (exact) mass is 319 g/mol. The standard InChI is InChI=1S/C13H11Cl2NO2.ClH/c1-12-6-13(12,2)11(18)16(10(12)17)9-4-7(14)3-8(15)5-9;/h3-5H,6H2,1-2H3;1H. The molecule has 19 heavy (non-hydrogen) atoms. The molecule has 0 radical (unpaired) electrons. The average Bonchev–Trinajstić information content (AvgIpc) is 2.78. The highest BCUT2D eigenvalue weighted by Gasteiger charge is 2.77. The van der Waals surface area contributed by atoms with Crippen molar-refractivity contribution >= 4 is 53.1 Å². The normalized spacial score (nSPS) is 32.1. The molecule has 2 atom stereocenters. The van der Waals surface area contributed by atoms with Crippen molar-refractivity contribution < 1.29 is 9.59 Å². The van der Waals surface area contributed by atoms with E-state index in [9.17, 15) is 9.59 Å². The van der Waals surface area contributed by atoms with Crippen LogP contribution in [0.5, 0.6) is 0 Å². The van der Waals surface area contributed by atoms with E-state index in [0.717, 1.165) is 0 Å². The summed E-state index contributed by atoms with van der Waals surface area (Å²) in [5.41, 5.74) is -0.658. The number of hydrogen-bond donors (Lipinski definition) is 0. The van der Waals surface area contributed by atoms with E-state index in [4.69, 9.17) is 23.2 Å². The van der Waals surface area contributed by atoms with Crippen molar-refractivity contribution in [2.45, 2.75) is 20.3 Å². The number of rotatable bonds is 1. The molecule has 2 aliphatic rings. The van der Waals surface area contributed by atoms with Crippen LogP contribution in [0, 0.1) is 10.8 Å². The lowest BCUT2D eigenvalue weighted by molar-refractivity contribution is -0.125. The summed E-state index contributed by atoms with van der Waals surface area (Å²) in [5.74, 6) is -0.318. The summed E-state index contributed by atoms with van der Waals surface area (Å²) in [7, 11) is 0. The second-order valence-corrected chi connectivity index (χ2v) is 6.29. The number of halogens is 3. The van der Waals surface area contributed by atoms with Gasteiger partial charge in [0.05, 0.1) is 16.5 Å². The summed E-state index contributed by atoms with van der Waals surface area (Å²) in [6, 6.07) is 4.74. The first-order valence-corrected chi connectivity index (χ1v) is 6.40. The van der Waals surface area contributed by atoms with Crippen LogP contribution >= 0.6 is 35.6 Å². The van der Waals surface area contributed by atoms with Crippen LogP contribution in [0.25, 0.3) is 0 Å². The van der Waals surface area contributed by atoms with Crippen molar-refractivity contribution in [3.05, 3.63) is 28.2 Å². The van der Waals surface area contributed by atoms with Gasteiger partial charge in [-0.1, -0.05) is 23.2 Å². The Morgan fingerprint density at radius 2 is 1.42 bits per heavy atom. The molecule has 3 nitrogen and oxygen atoms in total. The van der Waals surface area contributed by atoms with E-state index < -0.39 is 10.8 Å². The summed E-state index contributed by atoms with van der Waals surface area (Å²) in [6.07, 6.45) is 0.627. The number of anilines is 1. The van der Waals surface area contributed by atoms with Crippen molar-refractivity contribution in [3.8, 4) is 0 Å². The summed E-state index contributed by atoms with van der Waals surface area (Å²) < 4.78 is 0. The first-order valence-electron chi connectivity index (χ1n) is 5.65. The van der Waals surface area contributed by atoms with Crippen LogP contribution in [0.3, 0.4) is 0 Å². The number of carbonyl (C=O) groups excluding carboxylic acids is 2. The van der Waals surface area contributed by atoms with Gasteiger partial charge in [-0.2, -0.15) is 0 Å². The predicted molar refractivity (Wildman–Crippen MR) is 77.0 cm³/mol. The van der Waals surface area contributed by atoms with Gasteiger partial charge in [-0.25, -0.2) is 4.90 Å². The van der Waals surface area contributed by atoms with Gasteiger partial charge in [0.15, 0.2) is 0 Å². The molecule has 1 aliphatic heterocycles. The Kier molecular flexibility index (Phi) is 3.17. The van der Waals surface area contributed by atoms with E-state index in [2.05, 4.69) is 0 Å². The molecule has 102 valence electrons. The van der Waals surface area contributed by atoms with Crippen LogP contribution < -0.4 is 4.90 Å². The zero-order valence-corrected chi connectivity index (χ0v) is 12.7. The fraction of sp³-hybridized carbons (Fsp3) is 0.385.